The maximum Gasteiger partial charge on any atom is 0.222 e. The molecule has 1 aliphatic carbocycles. The van der Waals surface area contributed by atoms with E-state index in [1.807, 2.05) is 4.90 Å². The van der Waals surface area contributed by atoms with Crippen molar-refractivity contribution in [2.24, 2.45) is 5.92 Å². The Balaban J connectivity index is 1.74. The number of sulfonamides is 1. The van der Waals surface area contributed by atoms with Crippen LogP contribution in [-0.4, -0.2) is 80.0 Å². The molecule has 7 heteroatoms. The molecule has 0 bridgehead atoms. The molecule has 3 rings (SSSR count). The van der Waals surface area contributed by atoms with E-state index in [0.29, 0.717) is 25.4 Å². The van der Waals surface area contributed by atoms with Crippen LogP contribution < -0.4 is 0 Å². The number of likely N-dealkylation sites (N-methyl/N-ethyl adjacent to an activating group) is 1. The minimum atomic E-state index is -3.16. The number of amides is 1. The van der Waals surface area contributed by atoms with Crippen molar-refractivity contribution in [2.75, 3.05) is 46.0 Å². The van der Waals surface area contributed by atoms with Crippen LogP contribution >= 0.6 is 0 Å². The fourth-order valence-corrected chi connectivity index (χ4v) is 4.63. The third-order valence-corrected chi connectivity index (χ3v) is 6.86. The standard InChI is InChI=1S/C15H27N3O3S/c1-16-9-10-18(22(2,20)21)12-15(16)6-5-14(19)17(8-7-15)11-13-3-4-13/h13H,3-12H2,1-2H3/t15-/m0/s1. The highest BCUT2D eigenvalue weighted by Crippen LogP contribution is 2.35. The van der Waals surface area contributed by atoms with Crippen LogP contribution in [0.25, 0.3) is 0 Å². The third-order valence-electron chi connectivity index (χ3n) is 5.61. The maximum atomic E-state index is 12.4. The van der Waals surface area contributed by atoms with Gasteiger partial charge in [0.25, 0.3) is 0 Å². The number of rotatable bonds is 3. The Bertz CT molecular complexity index is 546. The molecule has 6 nitrogen and oxygen atoms in total. The molecule has 0 aromatic carbocycles. The van der Waals surface area contributed by atoms with Gasteiger partial charge in [-0.15, -0.1) is 0 Å². The number of piperazine rings is 1. The summed E-state index contributed by atoms with van der Waals surface area (Å²) >= 11 is 0. The molecule has 2 aliphatic heterocycles. The van der Waals surface area contributed by atoms with Gasteiger partial charge in [0.2, 0.25) is 15.9 Å². The van der Waals surface area contributed by atoms with Gasteiger partial charge in [-0.25, -0.2) is 8.42 Å². The molecule has 0 N–H and O–H groups in total. The molecule has 1 saturated carbocycles. The molecule has 2 heterocycles. The van der Waals surface area contributed by atoms with Crippen LogP contribution in [0.3, 0.4) is 0 Å². The van der Waals surface area contributed by atoms with Gasteiger partial charge >= 0.3 is 0 Å². The highest BCUT2D eigenvalue weighted by atomic mass is 32.2. The number of nitrogens with zero attached hydrogens (tertiary/aromatic N) is 3. The topological polar surface area (TPSA) is 60.9 Å². The lowest BCUT2D eigenvalue weighted by Crippen LogP contribution is -2.61. The summed E-state index contributed by atoms with van der Waals surface area (Å²) in [6.07, 6.45) is 5.94. The van der Waals surface area contributed by atoms with Gasteiger partial charge in [-0.3, -0.25) is 9.69 Å². The van der Waals surface area contributed by atoms with Crippen molar-refractivity contribution in [3.8, 4) is 0 Å². The molecule has 1 spiro atoms. The van der Waals surface area contributed by atoms with E-state index in [1.54, 1.807) is 4.31 Å². The minimum absolute atomic E-state index is 0.185. The van der Waals surface area contributed by atoms with Gasteiger partial charge in [0.05, 0.1) is 6.26 Å². The minimum Gasteiger partial charge on any atom is -0.342 e. The maximum absolute atomic E-state index is 12.4. The SMILES string of the molecule is CN1CCN(S(C)(=O)=O)C[C@@]12CCC(=O)N(CC1CC1)CC2. The summed E-state index contributed by atoms with van der Waals surface area (Å²) in [6, 6.07) is 0. The van der Waals surface area contributed by atoms with Crippen molar-refractivity contribution in [3.05, 3.63) is 0 Å². The summed E-state index contributed by atoms with van der Waals surface area (Å²) in [5, 5.41) is 0. The molecule has 22 heavy (non-hydrogen) atoms. The van der Waals surface area contributed by atoms with Crippen molar-refractivity contribution < 1.29 is 13.2 Å². The van der Waals surface area contributed by atoms with Crippen molar-refractivity contribution in [1.82, 2.24) is 14.1 Å². The van der Waals surface area contributed by atoms with Crippen molar-refractivity contribution in [2.45, 2.75) is 37.6 Å². The first-order valence-electron chi connectivity index (χ1n) is 8.24. The Labute approximate surface area is 133 Å². The monoisotopic (exact) mass is 329 g/mol. The second-order valence-electron chi connectivity index (χ2n) is 7.28. The zero-order chi connectivity index (χ0) is 16.0. The van der Waals surface area contributed by atoms with E-state index in [9.17, 15) is 13.2 Å². The van der Waals surface area contributed by atoms with E-state index < -0.39 is 10.0 Å². The Kier molecular flexibility index (Phi) is 4.24. The predicted octanol–water partition coefficient (Wildman–Crippen LogP) is 0.355. The second kappa shape index (κ2) is 5.76. The van der Waals surface area contributed by atoms with Gasteiger partial charge in [-0.05, 0) is 38.6 Å². The summed E-state index contributed by atoms with van der Waals surface area (Å²) < 4.78 is 25.4. The first-order chi connectivity index (χ1) is 10.3. The van der Waals surface area contributed by atoms with Gasteiger partial charge in [0, 0.05) is 44.7 Å². The number of carbonyl (C=O) groups is 1. The van der Waals surface area contributed by atoms with E-state index in [-0.39, 0.29) is 11.4 Å². The Morgan fingerprint density at radius 2 is 1.91 bits per heavy atom. The van der Waals surface area contributed by atoms with Crippen molar-refractivity contribution >= 4 is 15.9 Å². The summed E-state index contributed by atoms with van der Waals surface area (Å²) in [7, 11) is -1.09. The van der Waals surface area contributed by atoms with E-state index >= 15 is 0 Å². The summed E-state index contributed by atoms with van der Waals surface area (Å²) in [5.74, 6) is 0.947. The molecule has 0 radical (unpaired) electrons. The van der Waals surface area contributed by atoms with Gasteiger partial charge in [0.1, 0.15) is 0 Å². The number of likely N-dealkylation sites (tertiary alicyclic amines) is 1. The quantitative estimate of drug-likeness (QED) is 0.750. The van der Waals surface area contributed by atoms with Crippen molar-refractivity contribution in [1.29, 1.82) is 0 Å². The smallest absolute Gasteiger partial charge is 0.222 e. The molecule has 1 amide bonds. The summed E-state index contributed by atoms with van der Waals surface area (Å²) in [5.41, 5.74) is -0.185. The number of hydrogen-bond acceptors (Lipinski definition) is 4. The second-order valence-corrected chi connectivity index (χ2v) is 9.26. The van der Waals surface area contributed by atoms with Crippen LogP contribution in [0, 0.1) is 5.92 Å². The van der Waals surface area contributed by atoms with Gasteiger partial charge in [0.15, 0.2) is 0 Å². The first kappa shape index (κ1) is 16.2. The molecule has 0 aromatic heterocycles. The number of hydrogen-bond donors (Lipinski definition) is 0. The molecule has 3 aliphatic rings. The lowest BCUT2D eigenvalue weighted by Gasteiger charge is -2.48. The fraction of sp³-hybridized carbons (Fsp3) is 0.933. The van der Waals surface area contributed by atoms with Crippen LogP contribution in [0.4, 0.5) is 0 Å². The van der Waals surface area contributed by atoms with Gasteiger partial charge < -0.3 is 4.90 Å². The van der Waals surface area contributed by atoms with Crippen LogP contribution in [0.1, 0.15) is 32.1 Å². The molecule has 1 atom stereocenters. The van der Waals surface area contributed by atoms with E-state index in [2.05, 4.69) is 11.9 Å². The molecule has 3 fully saturated rings. The predicted molar refractivity (Wildman–Crippen MR) is 84.9 cm³/mol. The summed E-state index contributed by atoms with van der Waals surface area (Å²) in [4.78, 5) is 16.7. The Morgan fingerprint density at radius 3 is 2.55 bits per heavy atom. The largest absolute Gasteiger partial charge is 0.342 e. The summed E-state index contributed by atoms with van der Waals surface area (Å²) in [6.45, 7) is 3.47. The molecule has 2 saturated heterocycles. The lowest BCUT2D eigenvalue weighted by molar-refractivity contribution is -0.130. The molecule has 126 valence electrons. The zero-order valence-corrected chi connectivity index (χ0v) is 14.4. The van der Waals surface area contributed by atoms with E-state index in [4.69, 9.17) is 0 Å². The van der Waals surface area contributed by atoms with Gasteiger partial charge in [-0.1, -0.05) is 0 Å². The molecule has 0 unspecified atom stereocenters. The zero-order valence-electron chi connectivity index (χ0n) is 13.6. The third kappa shape index (κ3) is 3.31. The van der Waals surface area contributed by atoms with Crippen LogP contribution in [0.5, 0.6) is 0 Å². The molecular formula is C15H27N3O3S. The van der Waals surface area contributed by atoms with Crippen molar-refractivity contribution in [3.63, 3.8) is 0 Å². The van der Waals surface area contributed by atoms with E-state index in [0.717, 1.165) is 32.5 Å². The van der Waals surface area contributed by atoms with Crippen LogP contribution in [-0.2, 0) is 14.8 Å². The normalized spacial score (nSPS) is 32.5. The average molecular weight is 329 g/mol. The highest BCUT2D eigenvalue weighted by Gasteiger charge is 2.44. The lowest BCUT2D eigenvalue weighted by atomic mass is 9.87. The molecule has 0 aromatic rings. The highest BCUT2D eigenvalue weighted by molar-refractivity contribution is 7.88. The molecular weight excluding hydrogens is 302 g/mol. The first-order valence-corrected chi connectivity index (χ1v) is 10.1. The van der Waals surface area contributed by atoms with E-state index in [1.165, 1.54) is 19.1 Å². The fourth-order valence-electron chi connectivity index (χ4n) is 3.75. The Hall–Kier alpha value is -0.660. The van der Waals surface area contributed by atoms with Crippen LogP contribution in [0.15, 0.2) is 0 Å². The van der Waals surface area contributed by atoms with Gasteiger partial charge in [-0.2, -0.15) is 4.31 Å². The Morgan fingerprint density at radius 1 is 1.18 bits per heavy atom. The van der Waals surface area contributed by atoms with Crippen LogP contribution in [0.2, 0.25) is 0 Å². The number of carbonyl (C=O) groups excluding carboxylic acids is 1. The average Bonchev–Trinajstić information content (AvgIpc) is 3.26.